The molecule has 2 heterocycles. The number of nitrogens with zero attached hydrogens (tertiary/aromatic N) is 2. The lowest BCUT2D eigenvalue weighted by Crippen LogP contribution is -2.19. The number of rotatable bonds is 5. The fourth-order valence-electron chi connectivity index (χ4n) is 3.34. The minimum atomic E-state index is -0.274. The zero-order valence-corrected chi connectivity index (χ0v) is 16.5. The Hall–Kier alpha value is -3.54. The van der Waals surface area contributed by atoms with E-state index in [1.807, 2.05) is 12.1 Å². The van der Waals surface area contributed by atoms with Gasteiger partial charge < -0.3 is 19.7 Å². The van der Waals surface area contributed by atoms with Gasteiger partial charge in [-0.15, -0.1) is 0 Å². The van der Waals surface area contributed by atoms with Crippen molar-refractivity contribution in [2.75, 3.05) is 30.0 Å². The third kappa shape index (κ3) is 4.16. The molecule has 0 unspecified atom stereocenters. The van der Waals surface area contributed by atoms with Gasteiger partial charge in [0.1, 0.15) is 18.9 Å². The summed E-state index contributed by atoms with van der Waals surface area (Å²) in [5, 5.41) is 2.89. The average Bonchev–Trinajstić information content (AvgIpc) is 2.74. The molecular weight excluding hydrogens is 366 g/mol. The summed E-state index contributed by atoms with van der Waals surface area (Å²) in [5.74, 6) is 1.04. The summed E-state index contributed by atoms with van der Waals surface area (Å²) in [5.41, 5.74) is 4.17. The molecule has 0 saturated carbocycles. The first-order valence-electron chi connectivity index (χ1n) is 9.65. The number of pyridine rings is 1. The molecular formula is C23H23N3O3. The van der Waals surface area contributed by atoms with Gasteiger partial charge in [0.25, 0.3) is 5.91 Å². The predicted molar refractivity (Wildman–Crippen MR) is 113 cm³/mol. The van der Waals surface area contributed by atoms with Crippen molar-refractivity contribution in [3.8, 4) is 11.5 Å². The fourth-order valence-corrected chi connectivity index (χ4v) is 3.34. The monoisotopic (exact) mass is 389 g/mol. The first-order chi connectivity index (χ1) is 14.1. The predicted octanol–water partition coefficient (Wildman–Crippen LogP) is 4.57. The van der Waals surface area contributed by atoms with Crippen molar-refractivity contribution in [3.63, 3.8) is 0 Å². The Balaban J connectivity index is 1.55. The van der Waals surface area contributed by atoms with Gasteiger partial charge in [-0.25, -0.2) is 0 Å². The van der Waals surface area contributed by atoms with E-state index in [4.69, 9.17) is 9.47 Å². The molecule has 2 aromatic carbocycles. The SMILES string of the molecule is CCN(c1cccc(C)c1)c1ccnc(C(=O)Nc2ccc3c(c2)OCCO3)c1. The number of aromatic nitrogens is 1. The molecule has 0 saturated heterocycles. The van der Waals surface area contributed by atoms with Crippen LogP contribution in [0.3, 0.4) is 0 Å². The maximum absolute atomic E-state index is 12.8. The van der Waals surface area contributed by atoms with Gasteiger partial charge in [-0.3, -0.25) is 9.78 Å². The van der Waals surface area contributed by atoms with Crippen LogP contribution in [0.15, 0.2) is 60.8 Å². The third-order valence-corrected chi connectivity index (χ3v) is 4.72. The molecule has 148 valence electrons. The van der Waals surface area contributed by atoms with E-state index >= 15 is 0 Å². The molecule has 0 atom stereocenters. The molecule has 1 amide bonds. The molecule has 0 bridgehead atoms. The van der Waals surface area contributed by atoms with Gasteiger partial charge in [0, 0.05) is 35.9 Å². The standard InChI is InChI=1S/C23H23N3O3/c1-3-26(18-6-4-5-16(2)13-18)19-9-10-24-20(15-19)23(27)25-17-7-8-21-22(14-17)29-12-11-28-21/h4-10,13-15H,3,11-12H2,1-2H3,(H,25,27). The zero-order valence-electron chi connectivity index (χ0n) is 16.5. The summed E-state index contributed by atoms with van der Waals surface area (Å²) in [6.07, 6.45) is 1.66. The molecule has 6 heteroatoms. The van der Waals surface area contributed by atoms with Gasteiger partial charge in [0.2, 0.25) is 0 Å². The van der Waals surface area contributed by atoms with E-state index in [0.29, 0.717) is 36.1 Å². The second-order valence-corrected chi connectivity index (χ2v) is 6.80. The fraction of sp³-hybridized carbons (Fsp3) is 0.217. The zero-order chi connectivity index (χ0) is 20.2. The summed E-state index contributed by atoms with van der Waals surface area (Å²) in [4.78, 5) is 19.2. The van der Waals surface area contributed by atoms with Crippen LogP contribution < -0.4 is 19.7 Å². The van der Waals surface area contributed by atoms with E-state index in [2.05, 4.69) is 47.2 Å². The van der Waals surface area contributed by atoms with Crippen LogP contribution in [0.4, 0.5) is 17.1 Å². The van der Waals surface area contributed by atoms with Crippen LogP contribution in [0.1, 0.15) is 23.0 Å². The van der Waals surface area contributed by atoms with Crippen molar-refractivity contribution >= 4 is 23.0 Å². The third-order valence-electron chi connectivity index (χ3n) is 4.72. The Kier molecular flexibility index (Phi) is 5.33. The molecule has 6 nitrogen and oxygen atoms in total. The molecule has 1 N–H and O–H groups in total. The summed E-state index contributed by atoms with van der Waals surface area (Å²) in [7, 11) is 0. The van der Waals surface area contributed by atoms with Gasteiger partial charge in [0.15, 0.2) is 11.5 Å². The number of ether oxygens (including phenoxy) is 2. The van der Waals surface area contributed by atoms with Crippen molar-refractivity contribution < 1.29 is 14.3 Å². The minimum absolute atomic E-state index is 0.274. The highest BCUT2D eigenvalue weighted by molar-refractivity contribution is 6.03. The number of hydrogen-bond donors (Lipinski definition) is 1. The van der Waals surface area contributed by atoms with Crippen LogP contribution in [0, 0.1) is 6.92 Å². The molecule has 1 aliphatic rings. The highest BCUT2D eigenvalue weighted by atomic mass is 16.6. The quantitative estimate of drug-likeness (QED) is 0.692. The Morgan fingerprint density at radius 2 is 1.83 bits per heavy atom. The van der Waals surface area contributed by atoms with E-state index < -0.39 is 0 Å². The van der Waals surface area contributed by atoms with Gasteiger partial charge in [0.05, 0.1) is 0 Å². The van der Waals surface area contributed by atoms with Crippen molar-refractivity contribution in [1.29, 1.82) is 0 Å². The van der Waals surface area contributed by atoms with Crippen molar-refractivity contribution in [1.82, 2.24) is 4.98 Å². The number of carbonyl (C=O) groups excluding carboxylic acids is 1. The molecule has 0 fully saturated rings. The number of carbonyl (C=O) groups is 1. The van der Waals surface area contributed by atoms with Crippen LogP contribution in [0.25, 0.3) is 0 Å². The Morgan fingerprint density at radius 3 is 2.62 bits per heavy atom. The van der Waals surface area contributed by atoms with Crippen LogP contribution in [-0.4, -0.2) is 30.6 Å². The first-order valence-corrected chi connectivity index (χ1v) is 9.65. The van der Waals surface area contributed by atoms with E-state index in [9.17, 15) is 4.79 Å². The van der Waals surface area contributed by atoms with Crippen LogP contribution in [0.5, 0.6) is 11.5 Å². The lowest BCUT2D eigenvalue weighted by atomic mass is 10.2. The number of benzene rings is 2. The van der Waals surface area contributed by atoms with Crippen LogP contribution in [-0.2, 0) is 0 Å². The topological polar surface area (TPSA) is 63.7 Å². The van der Waals surface area contributed by atoms with Crippen molar-refractivity contribution in [2.45, 2.75) is 13.8 Å². The Bertz CT molecular complexity index is 1040. The molecule has 4 rings (SSSR count). The second-order valence-electron chi connectivity index (χ2n) is 6.80. The lowest BCUT2D eigenvalue weighted by Gasteiger charge is -2.24. The van der Waals surface area contributed by atoms with E-state index in [1.54, 1.807) is 30.5 Å². The summed E-state index contributed by atoms with van der Waals surface area (Å²) in [6.45, 7) is 5.95. The van der Waals surface area contributed by atoms with Crippen molar-refractivity contribution in [3.05, 3.63) is 72.1 Å². The second kappa shape index (κ2) is 8.22. The number of aryl methyl sites for hydroxylation is 1. The number of fused-ring (bicyclic) bond motifs is 1. The maximum Gasteiger partial charge on any atom is 0.274 e. The highest BCUT2D eigenvalue weighted by Gasteiger charge is 2.15. The molecule has 1 aromatic heterocycles. The molecule has 0 radical (unpaired) electrons. The highest BCUT2D eigenvalue weighted by Crippen LogP contribution is 2.33. The number of nitrogens with one attached hydrogen (secondary N) is 1. The lowest BCUT2D eigenvalue weighted by molar-refractivity contribution is 0.102. The molecule has 1 aliphatic heterocycles. The van der Waals surface area contributed by atoms with Crippen LogP contribution >= 0.6 is 0 Å². The summed E-state index contributed by atoms with van der Waals surface area (Å²) in [6, 6.07) is 17.4. The number of hydrogen-bond acceptors (Lipinski definition) is 5. The first kappa shape index (κ1) is 18.8. The minimum Gasteiger partial charge on any atom is -0.486 e. The van der Waals surface area contributed by atoms with Gasteiger partial charge in [-0.1, -0.05) is 12.1 Å². The molecule has 0 spiro atoms. The van der Waals surface area contributed by atoms with E-state index in [1.165, 1.54) is 5.56 Å². The molecule has 29 heavy (non-hydrogen) atoms. The maximum atomic E-state index is 12.8. The van der Waals surface area contributed by atoms with Gasteiger partial charge in [-0.2, -0.15) is 0 Å². The summed E-state index contributed by atoms with van der Waals surface area (Å²) < 4.78 is 11.1. The Morgan fingerprint density at radius 1 is 1.03 bits per heavy atom. The van der Waals surface area contributed by atoms with E-state index in [-0.39, 0.29) is 5.91 Å². The average molecular weight is 389 g/mol. The van der Waals surface area contributed by atoms with Crippen molar-refractivity contribution in [2.24, 2.45) is 0 Å². The molecule has 3 aromatic rings. The smallest absolute Gasteiger partial charge is 0.274 e. The Labute approximate surface area is 170 Å². The largest absolute Gasteiger partial charge is 0.486 e. The van der Waals surface area contributed by atoms with Gasteiger partial charge in [-0.05, 0) is 55.8 Å². The number of amides is 1. The summed E-state index contributed by atoms with van der Waals surface area (Å²) >= 11 is 0. The van der Waals surface area contributed by atoms with Gasteiger partial charge >= 0.3 is 0 Å². The van der Waals surface area contributed by atoms with Crippen LogP contribution in [0.2, 0.25) is 0 Å². The van der Waals surface area contributed by atoms with E-state index in [0.717, 1.165) is 17.9 Å². The molecule has 0 aliphatic carbocycles. The normalized spacial score (nSPS) is 12.3. The number of anilines is 3.